The van der Waals surface area contributed by atoms with Crippen LogP contribution in [0.25, 0.3) is 22.8 Å². The van der Waals surface area contributed by atoms with Gasteiger partial charge in [0.2, 0.25) is 5.82 Å². The summed E-state index contributed by atoms with van der Waals surface area (Å²) in [6, 6.07) is 11.6. The van der Waals surface area contributed by atoms with Gasteiger partial charge in [0.25, 0.3) is 5.89 Å². The van der Waals surface area contributed by atoms with E-state index in [9.17, 15) is 4.39 Å². The summed E-state index contributed by atoms with van der Waals surface area (Å²) >= 11 is 0. The lowest BCUT2D eigenvalue weighted by Gasteiger charge is -1.99. The van der Waals surface area contributed by atoms with Crippen molar-refractivity contribution < 1.29 is 8.91 Å². The molecule has 1 heterocycles. The molecule has 20 heavy (non-hydrogen) atoms. The third kappa shape index (κ3) is 2.25. The van der Waals surface area contributed by atoms with Gasteiger partial charge in [0.1, 0.15) is 5.82 Å². The van der Waals surface area contributed by atoms with E-state index in [1.54, 1.807) is 25.1 Å². The zero-order valence-electron chi connectivity index (χ0n) is 10.8. The van der Waals surface area contributed by atoms with Crippen LogP contribution in [-0.4, -0.2) is 10.1 Å². The molecular formula is C15H12FN3O. The zero-order chi connectivity index (χ0) is 14.1. The van der Waals surface area contributed by atoms with Gasteiger partial charge in [0.15, 0.2) is 0 Å². The van der Waals surface area contributed by atoms with Crippen molar-refractivity contribution >= 4 is 5.69 Å². The van der Waals surface area contributed by atoms with Crippen LogP contribution in [0.15, 0.2) is 47.0 Å². The van der Waals surface area contributed by atoms with Gasteiger partial charge in [0.05, 0.1) is 0 Å². The first-order valence-electron chi connectivity index (χ1n) is 6.09. The van der Waals surface area contributed by atoms with Crippen molar-refractivity contribution in [3.63, 3.8) is 0 Å². The second kappa shape index (κ2) is 4.77. The average molecular weight is 269 g/mol. The van der Waals surface area contributed by atoms with Crippen LogP contribution in [-0.2, 0) is 0 Å². The largest absolute Gasteiger partial charge is 0.399 e. The van der Waals surface area contributed by atoms with Gasteiger partial charge < -0.3 is 10.3 Å². The second-order valence-corrected chi connectivity index (χ2v) is 4.50. The van der Waals surface area contributed by atoms with Crippen LogP contribution in [0.4, 0.5) is 10.1 Å². The van der Waals surface area contributed by atoms with Crippen molar-refractivity contribution in [2.45, 2.75) is 6.92 Å². The number of rotatable bonds is 2. The fourth-order valence-corrected chi connectivity index (χ4v) is 1.95. The lowest BCUT2D eigenvalue weighted by molar-refractivity contribution is 0.432. The lowest BCUT2D eigenvalue weighted by Crippen LogP contribution is -1.87. The van der Waals surface area contributed by atoms with Gasteiger partial charge in [-0.25, -0.2) is 4.39 Å². The topological polar surface area (TPSA) is 64.9 Å². The smallest absolute Gasteiger partial charge is 0.258 e. The molecule has 0 spiro atoms. The monoisotopic (exact) mass is 269 g/mol. The summed E-state index contributed by atoms with van der Waals surface area (Å²) in [5.74, 6) is 0.562. The molecule has 100 valence electrons. The Balaban J connectivity index is 1.99. The van der Waals surface area contributed by atoms with Gasteiger partial charge >= 0.3 is 0 Å². The van der Waals surface area contributed by atoms with Gasteiger partial charge in [-0.3, -0.25) is 0 Å². The van der Waals surface area contributed by atoms with Crippen LogP contribution in [0.2, 0.25) is 0 Å². The minimum Gasteiger partial charge on any atom is -0.399 e. The Morgan fingerprint density at radius 1 is 1.10 bits per heavy atom. The molecule has 0 fully saturated rings. The predicted octanol–water partition coefficient (Wildman–Crippen LogP) is 3.43. The van der Waals surface area contributed by atoms with E-state index in [-0.39, 0.29) is 5.82 Å². The number of hydrogen-bond donors (Lipinski definition) is 1. The van der Waals surface area contributed by atoms with Crippen molar-refractivity contribution in [2.75, 3.05) is 5.73 Å². The van der Waals surface area contributed by atoms with Crippen LogP contribution >= 0.6 is 0 Å². The van der Waals surface area contributed by atoms with Gasteiger partial charge in [-0.2, -0.15) is 4.98 Å². The highest BCUT2D eigenvalue weighted by Crippen LogP contribution is 2.25. The number of anilines is 1. The lowest BCUT2D eigenvalue weighted by atomic mass is 10.1. The number of nitrogens with two attached hydrogens (primary N) is 1. The second-order valence-electron chi connectivity index (χ2n) is 4.50. The molecule has 3 rings (SSSR count). The van der Waals surface area contributed by atoms with Gasteiger partial charge in [-0.15, -0.1) is 0 Å². The molecule has 0 aliphatic rings. The number of hydrogen-bond acceptors (Lipinski definition) is 4. The molecule has 0 atom stereocenters. The highest BCUT2D eigenvalue weighted by atomic mass is 19.1. The molecule has 1 aromatic heterocycles. The number of aryl methyl sites for hydroxylation is 1. The van der Waals surface area contributed by atoms with Crippen molar-refractivity contribution in [2.24, 2.45) is 0 Å². The number of nitrogens with zero attached hydrogens (tertiary/aromatic N) is 2. The van der Waals surface area contributed by atoms with E-state index in [2.05, 4.69) is 10.1 Å². The molecule has 2 N–H and O–H groups in total. The number of halogens is 1. The first-order chi connectivity index (χ1) is 9.63. The van der Waals surface area contributed by atoms with Crippen LogP contribution in [0.1, 0.15) is 5.56 Å². The van der Waals surface area contributed by atoms with Crippen molar-refractivity contribution in [1.82, 2.24) is 10.1 Å². The fourth-order valence-electron chi connectivity index (χ4n) is 1.95. The van der Waals surface area contributed by atoms with E-state index < -0.39 is 0 Å². The maximum absolute atomic E-state index is 13.1. The molecule has 5 heteroatoms. The Labute approximate surface area is 115 Å². The molecule has 0 saturated heterocycles. The predicted molar refractivity (Wildman–Crippen MR) is 74.3 cm³/mol. The third-order valence-corrected chi connectivity index (χ3v) is 3.01. The third-order valence-electron chi connectivity index (χ3n) is 3.01. The van der Waals surface area contributed by atoms with Gasteiger partial charge in [-0.1, -0.05) is 5.16 Å². The van der Waals surface area contributed by atoms with Crippen LogP contribution < -0.4 is 5.73 Å². The molecule has 0 radical (unpaired) electrons. The molecule has 0 amide bonds. The van der Waals surface area contributed by atoms with Gasteiger partial charge in [-0.05, 0) is 55.0 Å². The highest BCUT2D eigenvalue weighted by molar-refractivity contribution is 5.63. The van der Waals surface area contributed by atoms with E-state index in [0.717, 1.165) is 16.7 Å². The van der Waals surface area contributed by atoms with E-state index in [0.29, 0.717) is 17.4 Å². The van der Waals surface area contributed by atoms with Crippen molar-refractivity contribution in [3.8, 4) is 22.8 Å². The average Bonchev–Trinajstić information content (AvgIpc) is 2.89. The Morgan fingerprint density at radius 3 is 2.55 bits per heavy atom. The Kier molecular flexibility index (Phi) is 2.95. The standard InChI is InChI=1S/C15H12FN3O/c1-9-8-11(16)4-7-13(9)14-18-15(20-19-14)10-2-5-12(17)6-3-10/h2-8H,17H2,1H3. The van der Waals surface area contributed by atoms with Crippen molar-refractivity contribution in [1.29, 1.82) is 0 Å². The van der Waals surface area contributed by atoms with Crippen LogP contribution in [0.3, 0.4) is 0 Å². The summed E-state index contributed by atoms with van der Waals surface area (Å²) < 4.78 is 18.3. The summed E-state index contributed by atoms with van der Waals surface area (Å²) in [6.45, 7) is 1.80. The van der Waals surface area contributed by atoms with E-state index in [1.807, 2.05) is 12.1 Å². The fraction of sp³-hybridized carbons (Fsp3) is 0.0667. The minimum atomic E-state index is -0.284. The highest BCUT2D eigenvalue weighted by Gasteiger charge is 2.12. The normalized spacial score (nSPS) is 10.7. The summed E-state index contributed by atoms with van der Waals surface area (Å²) in [4.78, 5) is 4.33. The maximum Gasteiger partial charge on any atom is 0.258 e. The Morgan fingerprint density at radius 2 is 1.85 bits per heavy atom. The molecule has 3 aromatic rings. The van der Waals surface area contributed by atoms with Gasteiger partial charge in [0, 0.05) is 16.8 Å². The van der Waals surface area contributed by atoms with Crippen LogP contribution in [0.5, 0.6) is 0 Å². The number of aromatic nitrogens is 2. The maximum atomic E-state index is 13.1. The molecule has 0 aliphatic heterocycles. The zero-order valence-corrected chi connectivity index (χ0v) is 10.8. The molecular weight excluding hydrogens is 257 g/mol. The van der Waals surface area contributed by atoms with E-state index in [4.69, 9.17) is 10.3 Å². The van der Waals surface area contributed by atoms with E-state index in [1.165, 1.54) is 12.1 Å². The molecule has 0 unspecified atom stereocenters. The first kappa shape index (κ1) is 12.3. The Hall–Kier alpha value is -2.69. The number of nitrogen functional groups attached to an aromatic ring is 1. The first-order valence-corrected chi connectivity index (χ1v) is 6.09. The summed E-state index contributed by atoms with van der Waals surface area (Å²) in [5.41, 5.74) is 8.60. The van der Waals surface area contributed by atoms with E-state index >= 15 is 0 Å². The van der Waals surface area contributed by atoms with Crippen molar-refractivity contribution in [3.05, 3.63) is 53.8 Å². The molecule has 0 bridgehead atoms. The molecule has 0 saturated carbocycles. The summed E-state index contributed by atoms with van der Waals surface area (Å²) in [6.07, 6.45) is 0. The van der Waals surface area contributed by atoms with Crippen LogP contribution in [0, 0.1) is 12.7 Å². The quantitative estimate of drug-likeness (QED) is 0.724. The SMILES string of the molecule is Cc1cc(F)ccc1-c1noc(-c2ccc(N)cc2)n1. The molecule has 2 aromatic carbocycles. The minimum absolute atomic E-state index is 0.284. The summed E-state index contributed by atoms with van der Waals surface area (Å²) in [7, 11) is 0. The number of benzene rings is 2. The molecule has 4 nitrogen and oxygen atoms in total. The Bertz CT molecular complexity index is 750. The molecule has 0 aliphatic carbocycles. The summed E-state index contributed by atoms with van der Waals surface area (Å²) in [5, 5.41) is 3.94.